The molecule has 0 aliphatic heterocycles. The Morgan fingerprint density at radius 2 is 1.79 bits per heavy atom. The summed E-state index contributed by atoms with van der Waals surface area (Å²) < 4.78 is 6.13. The lowest BCUT2D eigenvalue weighted by Crippen LogP contribution is -2.34. The molecule has 28 heavy (non-hydrogen) atoms. The van der Waals surface area contributed by atoms with Gasteiger partial charge in [0.1, 0.15) is 11.5 Å². The first-order valence-corrected chi connectivity index (χ1v) is 9.54. The summed E-state index contributed by atoms with van der Waals surface area (Å²) in [6.07, 6.45) is 3.12. The topological polar surface area (TPSA) is 71.3 Å². The zero-order valence-corrected chi connectivity index (χ0v) is 17.0. The van der Waals surface area contributed by atoms with E-state index in [9.17, 15) is 9.59 Å². The van der Waals surface area contributed by atoms with Crippen LogP contribution >= 0.6 is 27.5 Å². The summed E-state index contributed by atoms with van der Waals surface area (Å²) in [5, 5.41) is 5.69. The third-order valence-electron chi connectivity index (χ3n) is 3.80. The molecule has 142 valence electrons. The summed E-state index contributed by atoms with van der Waals surface area (Å²) in [5.74, 6) is -0.310. The highest BCUT2D eigenvalue weighted by Crippen LogP contribution is 2.16. The molecule has 0 saturated heterocycles. The van der Waals surface area contributed by atoms with E-state index in [1.807, 2.05) is 24.3 Å². The van der Waals surface area contributed by atoms with E-state index in [0.29, 0.717) is 10.8 Å². The number of carbonyl (C=O) groups excluding carboxylic acids is 2. The predicted molar refractivity (Wildman–Crippen MR) is 112 cm³/mol. The van der Waals surface area contributed by atoms with Crippen LogP contribution in [0.15, 0.2) is 81.5 Å². The average Bonchev–Trinajstić information content (AvgIpc) is 3.21. The fourth-order valence-corrected chi connectivity index (χ4v) is 2.88. The molecule has 7 heteroatoms. The van der Waals surface area contributed by atoms with Crippen LogP contribution in [0.5, 0.6) is 0 Å². The molecular weight excluding hydrogens is 444 g/mol. The van der Waals surface area contributed by atoms with Crippen LogP contribution in [0, 0.1) is 0 Å². The Morgan fingerprint density at radius 1 is 1.04 bits per heavy atom. The Balaban J connectivity index is 1.83. The Hall–Kier alpha value is -2.83. The summed E-state index contributed by atoms with van der Waals surface area (Å²) in [4.78, 5) is 25.3. The maximum absolute atomic E-state index is 12.7. The highest BCUT2D eigenvalue weighted by Gasteiger charge is 2.16. The van der Waals surface area contributed by atoms with E-state index in [2.05, 4.69) is 26.6 Å². The van der Waals surface area contributed by atoms with Crippen molar-refractivity contribution in [3.05, 3.63) is 99.0 Å². The average molecular weight is 460 g/mol. The van der Waals surface area contributed by atoms with Crippen molar-refractivity contribution >= 4 is 45.4 Å². The van der Waals surface area contributed by atoms with Crippen molar-refractivity contribution in [2.75, 3.05) is 0 Å². The van der Waals surface area contributed by atoms with Crippen LogP contribution in [0.4, 0.5) is 0 Å². The fourth-order valence-electron chi connectivity index (χ4n) is 2.39. The van der Waals surface area contributed by atoms with E-state index in [1.54, 1.807) is 42.5 Å². The second-order valence-corrected chi connectivity index (χ2v) is 7.13. The molecule has 0 spiro atoms. The van der Waals surface area contributed by atoms with E-state index < -0.39 is 11.8 Å². The van der Waals surface area contributed by atoms with Crippen molar-refractivity contribution in [2.24, 2.45) is 0 Å². The number of hydrogen-bond acceptors (Lipinski definition) is 3. The van der Waals surface area contributed by atoms with Gasteiger partial charge in [-0.25, -0.2) is 0 Å². The largest absolute Gasteiger partial charge is 0.467 e. The van der Waals surface area contributed by atoms with E-state index in [1.165, 1.54) is 6.26 Å². The number of halogens is 2. The Kier molecular flexibility index (Phi) is 6.68. The highest BCUT2D eigenvalue weighted by atomic mass is 79.9. The summed E-state index contributed by atoms with van der Waals surface area (Å²) in [5.41, 5.74) is 1.13. The molecule has 3 aromatic rings. The van der Waals surface area contributed by atoms with Crippen LogP contribution in [0.1, 0.15) is 21.7 Å². The minimum absolute atomic E-state index is 0.0961. The summed E-state index contributed by atoms with van der Waals surface area (Å²) in [6.45, 7) is 0.200. The fraction of sp³-hybridized carbons (Fsp3) is 0.0476. The van der Waals surface area contributed by atoms with Gasteiger partial charge in [-0.3, -0.25) is 9.59 Å². The van der Waals surface area contributed by atoms with Gasteiger partial charge in [0.05, 0.1) is 23.4 Å². The molecule has 0 fully saturated rings. The quantitative estimate of drug-likeness (QED) is 0.521. The Labute approximate surface area is 175 Å². The first kappa shape index (κ1) is 19.9. The highest BCUT2D eigenvalue weighted by molar-refractivity contribution is 9.10. The lowest BCUT2D eigenvalue weighted by Gasteiger charge is -2.11. The standard InChI is InChI=1S/C21H16BrClN2O3/c22-15-9-7-14(8-10-15)12-19(21(27)24-13-16-4-3-11-28-16)25-20(26)17-5-1-2-6-18(17)23/h1-12H,13H2,(H,24,27)(H,25,26)/b19-12+. The third-order valence-corrected chi connectivity index (χ3v) is 4.65. The van der Waals surface area contributed by atoms with Gasteiger partial charge in [0.2, 0.25) is 0 Å². The first-order chi connectivity index (χ1) is 13.5. The lowest BCUT2D eigenvalue weighted by atomic mass is 10.1. The van der Waals surface area contributed by atoms with Crippen molar-refractivity contribution in [1.29, 1.82) is 0 Å². The molecule has 0 aliphatic rings. The molecule has 2 N–H and O–H groups in total. The van der Waals surface area contributed by atoms with Crippen molar-refractivity contribution in [1.82, 2.24) is 10.6 Å². The zero-order chi connectivity index (χ0) is 19.9. The van der Waals surface area contributed by atoms with Gasteiger partial charge in [-0.1, -0.05) is 51.8 Å². The molecule has 0 unspecified atom stereocenters. The van der Waals surface area contributed by atoms with Crippen LogP contribution in [0.25, 0.3) is 6.08 Å². The molecule has 0 bridgehead atoms. The molecule has 2 aromatic carbocycles. The van der Waals surface area contributed by atoms with Crippen molar-refractivity contribution in [2.45, 2.75) is 6.54 Å². The monoisotopic (exact) mass is 458 g/mol. The van der Waals surface area contributed by atoms with E-state index >= 15 is 0 Å². The molecule has 0 saturated carbocycles. The number of carbonyl (C=O) groups is 2. The number of benzene rings is 2. The maximum atomic E-state index is 12.7. The molecule has 0 radical (unpaired) electrons. The minimum atomic E-state index is -0.470. The van der Waals surface area contributed by atoms with Crippen molar-refractivity contribution in [3.8, 4) is 0 Å². The van der Waals surface area contributed by atoms with Gasteiger partial charge in [-0.05, 0) is 48.0 Å². The molecular formula is C21H16BrClN2O3. The minimum Gasteiger partial charge on any atom is -0.467 e. The van der Waals surface area contributed by atoms with Crippen LogP contribution in [0.2, 0.25) is 5.02 Å². The lowest BCUT2D eigenvalue weighted by molar-refractivity contribution is -0.118. The predicted octanol–water partition coefficient (Wildman–Crippen LogP) is 4.78. The van der Waals surface area contributed by atoms with Gasteiger partial charge in [0, 0.05) is 4.47 Å². The Bertz CT molecular complexity index is 999. The number of rotatable bonds is 6. The van der Waals surface area contributed by atoms with Gasteiger partial charge < -0.3 is 15.1 Å². The smallest absolute Gasteiger partial charge is 0.268 e. The first-order valence-electron chi connectivity index (χ1n) is 8.36. The van der Waals surface area contributed by atoms with Gasteiger partial charge in [-0.2, -0.15) is 0 Å². The molecule has 0 aliphatic carbocycles. The Morgan fingerprint density at radius 3 is 2.46 bits per heavy atom. The van der Waals surface area contributed by atoms with Crippen molar-refractivity contribution < 1.29 is 14.0 Å². The number of furan rings is 1. The number of nitrogens with one attached hydrogen (secondary N) is 2. The van der Waals surface area contributed by atoms with Gasteiger partial charge in [-0.15, -0.1) is 0 Å². The van der Waals surface area contributed by atoms with Crippen molar-refractivity contribution in [3.63, 3.8) is 0 Å². The molecule has 3 rings (SSSR count). The summed E-state index contributed by atoms with van der Waals surface area (Å²) in [6, 6.07) is 17.5. The SMILES string of the molecule is O=C(NCc1ccco1)/C(=C\c1ccc(Br)cc1)NC(=O)c1ccccc1Cl. The van der Waals surface area contributed by atoms with Gasteiger partial charge >= 0.3 is 0 Å². The molecule has 1 heterocycles. The van der Waals surface area contributed by atoms with E-state index in [0.717, 1.165) is 10.0 Å². The van der Waals surface area contributed by atoms with Crippen LogP contribution in [0.3, 0.4) is 0 Å². The van der Waals surface area contributed by atoms with Crippen LogP contribution < -0.4 is 10.6 Å². The maximum Gasteiger partial charge on any atom is 0.268 e. The van der Waals surface area contributed by atoms with Gasteiger partial charge in [0.25, 0.3) is 11.8 Å². The normalized spacial score (nSPS) is 11.1. The summed E-state index contributed by atoms with van der Waals surface area (Å²) in [7, 11) is 0. The zero-order valence-electron chi connectivity index (χ0n) is 14.6. The van der Waals surface area contributed by atoms with Crippen LogP contribution in [-0.4, -0.2) is 11.8 Å². The second kappa shape index (κ2) is 9.39. The van der Waals surface area contributed by atoms with Gasteiger partial charge in [0.15, 0.2) is 0 Å². The molecule has 5 nitrogen and oxygen atoms in total. The molecule has 2 amide bonds. The van der Waals surface area contributed by atoms with E-state index in [-0.39, 0.29) is 17.8 Å². The summed E-state index contributed by atoms with van der Waals surface area (Å²) >= 11 is 9.46. The second-order valence-electron chi connectivity index (χ2n) is 5.81. The number of amides is 2. The van der Waals surface area contributed by atoms with E-state index in [4.69, 9.17) is 16.0 Å². The number of hydrogen-bond donors (Lipinski definition) is 2. The molecule has 1 aromatic heterocycles. The third kappa shape index (κ3) is 5.34. The van der Waals surface area contributed by atoms with Crippen LogP contribution in [-0.2, 0) is 11.3 Å². The molecule has 0 atom stereocenters.